The molecule has 2 fully saturated rings. The molecule has 0 amide bonds. The second kappa shape index (κ2) is 5.72. The summed E-state index contributed by atoms with van der Waals surface area (Å²) >= 11 is 7.78. The summed E-state index contributed by atoms with van der Waals surface area (Å²) in [4.78, 5) is 4.07. The molecule has 0 aromatic carbocycles. The summed E-state index contributed by atoms with van der Waals surface area (Å²) in [7, 11) is 0. The van der Waals surface area contributed by atoms with Crippen molar-refractivity contribution in [2.45, 2.75) is 45.3 Å². The number of hydrogen-bond donors (Lipinski definition) is 1. The van der Waals surface area contributed by atoms with Gasteiger partial charge in [-0.25, -0.2) is 0 Å². The quantitative estimate of drug-likeness (QED) is 0.913. The highest BCUT2D eigenvalue weighted by molar-refractivity contribution is 7.16. The number of nitrogens with zero attached hydrogens (tertiary/aromatic N) is 1. The first-order valence-corrected chi connectivity index (χ1v) is 8.54. The van der Waals surface area contributed by atoms with Crippen LogP contribution in [0.25, 0.3) is 0 Å². The minimum atomic E-state index is 0.649. The largest absolute Gasteiger partial charge is 0.311 e. The van der Waals surface area contributed by atoms with Crippen molar-refractivity contribution in [1.29, 1.82) is 0 Å². The summed E-state index contributed by atoms with van der Waals surface area (Å²) in [6.45, 7) is 8.06. The van der Waals surface area contributed by atoms with E-state index in [4.69, 9.17) is 11.6 Å². The fraction of sp³-hybridized carbons (Fsp3) is 0.733. The van der Waals surface area contributed by atoms with E-state index in [1.165, 1.54) is 24.3 Å². The molecule has 4 heteroatoms. The van der Waals surface area contributed by atoms with Gasteiger partial charge in [-0.15, -0.1) is 11.3 Å². The normalized spacial score (nSPS) is 29.1. The van der Waals surface area contributed by atoms with Gasteiger partial charge in [0.25, 0.3) is 0 Å². The van der Waals surface area contributed by atoms with Crippen molar-refractivity contribution in [3.8, 4) is 0 Å². The third-order valence-corrected chi connectivity index (χ3v) is 5.65. The van der Waals surface area contributed by atoms with Crippen LogP contribution in [0.3, 0.4) is 0 Å². The standard InChI is InChI=1S/C15H23ClN2S/c1-10(2)14-7-17-13(11-3-4-11)9-18(14)8-12-5-6-15(16)19-12/h5-6,10-11,13-14,17H,3-4,7-9H2,1-2H3. The molecule has 3 rings (SSSR count). The van der Waals surface area contributed by atoms with Crippen LogP contribution in [-0.2, 0) is 6.54 Å². The predicted molar refractivity (Wildman–Crippen MR) is 82.9 cm³/mol. The summed E-state index contributed by atoms with van der Waals surface area (Å²) in [6, 6.07) is 5.56. The molecule has 1 aromatic rings. The highest BCUT2D eigenvalue weighted by atomic mass is 35.5. The summed E-state index contributed by atoms with van der Waals surface area (Å²) < 4.78 is 0.907. The number of piperazine rings is 1. The van der Waals surface area contributed by atoms with Crippen LogP contribution in [0.4, 0.5) is 0 Å². The van der Waals surface area contributed by atoms with E-state index < -0.39 is 0 Å². The number of hydrogen-bond acceptors (Lipinski definition) is 3. The lowest BCUT2D eigenvalue weighted by Gasteiger charge is -2.42. The smallest absolute Gasteiger partial charge is 0.0931 e. The van der Waals surface area contributed by atoms with E-state index in [0.717, 1.165) is 23.3 Å². The van der Waals surface area contributed by atoms with Gasteiger partial charge >= 0.3 is 0 Å². The van der Waals surface area contributed by atoms with Crippen molar-refractivity contribution < 1.29 is 0 Å². The number of rotatable bonds is 4. The van der Waals surface area contributed by atoms with Gasteiger partial charge < -0.3 is 5.32 Å². The molecular formula is C15H23ClN2S. The molecule has 0 bridgehead atoms. The van der Waals surface area contributed by atoms with Gasteiger partial charge in [0.1, 0.15) is 0 Å². The maximum absolute atomic E-state index is 6.05. The molecule has 1 aliphatic heterocycles. The lowest BCUT2D eigenvalue weighted by Crippen LogP contribution is -2.58. The fourth-order valence-electron chi connectivity index (χ4n) is 3.14. The Balaban J connectivity index is 1.69. The minimum absolute atomic E-state index is 0.649. The van der Waals surface area contributed by atoms with Gasteiger partial charge in [-0.1, -0.05) is 25.4 Å². The third-order valence-electron chi connectivity index (χ3n) is 4.44. The molecular weight excluding hydrogens is 276 g/mol. The molecule has 1 aliphatic carbocycles. The zero-order chi connectivity index (χ0) is 13.4. The predicted octanol–water partition coefficient (Wildman–Crippen LogP) is 3.61. The number of halogens is 1. The highest BCUT2D eigenvalue weighted by Gasteiger charge is 2.37. The topological polar surface area (TPSA) is 15.3 Å². The van der Waals surface area contributed by atoms with Gasteiger partial charge in [-0.2, -0.15) is 0 Å². The molecule has 1 saturated carbocycles. The van der Waals surface area contributed by atoms with Crippen LogP contribution in [0.1, 0.15) is 31.6 Å². The van der Waals surface area contributed by atoms with Crippen molar-refractivity contribution in [2.75, 3.05) is 13.1 Å². The van der Waals surface area contributed by atoms with Crippen molar-refractivity contribution in [1.82, 2.24) is 10.2 Å². The van der Waals surface area contributed by atoms with Crippen LogP contribution in [0.15, 0.2) is 12.1 Å². The van der Waals surface area contributed by atoms with Gasteiger partial charge in [0.05, 0.1) is 4.34 Å². The van der Waals surface area contributed by atoms with Crippen LogP contribution in [-0.4, -0.2) is 30.1 Å². The Morgan fingerprint density at radius 3 is 2.79 bits per heavy atom. The Hall–Kier alpha value is -0.0900. The van der Waals surface area contributed by atoms with Crippen molar-refractivity contribution >= 4 is 22.9 Å². The second-order valence-corrected chi connectivity index (χ2v) is 8.10. The molecule has 106 valence electrons. The minimum Gasteiger partial charge on any atom is -0.311 e. The average Bonchev–Trinajstić information content (AvgIpc) is 3.14. The van der Waals surface area contributed by atoms with Gasteiger partial charge in [0, 0.05) is 36.6 Å². The lowest BCUT2D eigenvalue weighted by molar-refractivity contribution is 0.0862. The van der Waals surface area contributed by atoms with Crippen molar-refractivity contribution in [3.05, 3.63) is 21.3 Å². The Morgan fingerprint density at radius 2 is 2.21 bits per heavy atom. The molecule has 1 aromatic heterocycles. The fourth-order valence-corrected chi connectivity index (χ4v) is 4.26. The van der Waals surface area contributed by atoms with Crippen LogP contribution in [0.2, 0.25) is 4.34 Å². The summed E-state index contributed by atoms with van der Waals surface area (Å²) in [5.41, 5.74) is 0. The van der Waals surface area contributed by atoms with Gasteiger partial charge in [-0.05, 0) is 36.8 Å². The summed E-state index contributed by atoms with van der Waals surface area (Å²) in [6.07, 6.45) is 2.84. The van der Waals surface area contributed by atoms with Gasteiger partial charge in [0.15, 0.2) is 0 Å². The van der Waals surface area contributed by atoms with Crippen molar-refractivity contribution in [2.24, 2.45) is 11.8 Å². The molecule has 1 saturated heterocycles. The molecule has 2 unspecified atom stereocenters. The Bertz CT molecular complexity index is 428. The van der Waals surface area contributed by atoms with Gasteiger partial charge in [0.2, 0.25) is 0 Å². The van der Waals surface area contributed by atoms with E-state index >= 15 is 0 Å². The Labute approximate surface area is 125 Å². The Kier molecular flexibility index (Phi) is 4.18. The zero-order valence-corrected chi connectivity index (χ0v) is 13.3. The molecule has 2 heterocycles. The Morgan fingerprint density at radius 1 is 1.42 bits per heavy atom. The van der Waals surface area contributed by atoms with Crippen LogP contribution in [0, 0.1) is 11.8 Å². The van der Waals surface area contributed by atoms with E-state index in [-0.39, 0.29) is 0 Å². The highest BCUT2D eigenvalue weighted by Crippen LogP contribution is 2.35. The first-order valence-electron chi connectivity index (χ1n) is 7.35. The van der Waals surface area contributed by atoms with E-state index in [1.54, 1.807) is 11.3 Å². The molecule has 2 aliphatic rings. The first-order chi connectivity index (χ1) is 9.13. The summed E-state index contributed by atoms with van der Waals surface area (Å²) in [5.74, 6) is 1.63. The first kappa shape index (κ1) is 13.9. The van der Waals surface area contributed by atoms with Gasteiger partial charge in [-0.3, -0.25) is 4.90 Å². The lowest BCUT2D eigenvalue weighted by atomic mass is 9.97. The van der Waals surface area contributed by atoms with Crippen LogP contribution >= 0.6 is 22.9 Å². The maximum atomic E-state index is 6.05. The average molecular weight is 299 g/mol. The van der Waals surface area contributed by atoms with E-state index in [1.807, 2.05) is 6.07 Å². The van der Waals surface area contributed by atoms with Crippen LogP contribution < -0.4 is 5.32 Å². The summed E-state index contributed by atoms with van der Waals surface area (Å²) in [5, 5.41) is 3.77. The zero-order valence-electron chi connectivity index (χ0n) is 11.7. The van der Waals surface area contributed by atoms with Crippen LogP contribution in [0.5, 0.6) is 0 Å². The molecule has 1 N–H and O–H groups in total. The van der Waals surface area contributed by atoms with Crippen molar-refractivity contribution in [3.63, 3.8) is 0 Å². The molecule has 2 atom stereocenters. The number of thiophene rings is 1. The molecule has 0 radical (unpaired) electrons. The van der Waals surface area contributed by atoms with E-state index in [2.05, 4.69) is 30.1 Å². The molecule has 0 spiro atoms. The third kappa shape index (κ3) is 3.33. The van der Waals surface area contributed by atoms with E-state index in [0.29, 0.717) is 18.0 Å². The maximum Gasteiger partial charge on any atom is 0.0931 e. The molecule has 19 heavy (non-hydrogen) atoms. The second-order valence-electron chi connectivity index (χ2n) is 6.30. The van der Waals surface area contributed by atoms with E-state index in [9.17, 15) is 0 Å². The number of nitrogens with one attached hydrogen (secondary N) is 1. The monoisotopic (exact) mass is 298 g/mol. The molecule has 2 nitrogen and oxygen atoms in total. The SMILES string of the molecule is CC(C)C1CNC(C2CC2)CN1Cc1ccc(Cl)s1.